The van der Waals surface area contributed by atoms with Gasteiger partial charge in [0.05, 0.1) is 0 Å². The van der Waals surface area contributed by atoms with Gasteiger partial charge >= 0.3 is 0 Å². The molecular formula is C19H21IO. The molecule has 2 atom stereocenters. The Morgan fingerprint density at radius 2 is 1.67 bits per heavy atom. The van der Waals surface area contributed by atoms with E-state index in [0.29, 0.717) is 18.1 Å². The second-order valence-corrected chi connectivity index (χ2v) is 6.79. The summed E-state index contributed by atoms with van der Waals surface area (Å²) >= 11 is 2.28. The number of halogens is 1. The molecule has 110 valence electrons. The molecule has 0 spiro atoms. The molecule has 0 aliphatic carbocycles. The first-order valence-electron chi connectivity index (χ1n) is 7.44. The highest BCUT2D eigenvalue weighted by atomic mass is 127. The van der Waals surface area contributed by atoms with Gasteiger partial charge in [-0.15, -0.1) is 0 Å². The Morgan fingerprint density at radius 1 is 1.05 bits per heavy atom. The minimum atomic E-state index is -0.00419. The molecule has 0 radical (unpaired) electrons. The molecule has 21 heavy (non-hydrogen) atoms. The lowest BCUT2D eigenvalue weighted by Crippen LogP contribution is -2.21. The van der Waals surface area contributed by atoms with E-state index in [4.69, 9.17) is 0 Å². The summed E-state index contributed by atoms with van der Waals surface area (Å²) in [6.45, 7) is 4.32. The standard InChI is InChI=1S/C19H21IO/c1-3-14(2)19(16-7-5-4-6-8-16)18(21)13-15-9-11-17(20)12-10-15/h4-12,14,19H,3,13H2,1-2H3. The Balaban J connectivity index is 2.20. The first-order valence-corrected chi connectivity index (χ1v) is 8.51. The molecular weight excluding hydrogens is 371 g/mol. The lowest BCUT2D eigenvalue weighted by molar-refractivity contribution is -0.120. The monoisotopic (exact) mass is 392 g/mol. The average Bonchev–Trinajstić information content (AvgIpc) is 2.50. The second kappa shape index (κ2) is 7.74. The smallest absolute Gasteiger partial charge is 0.144 e. The first-order chi connectivity index (χ1) is 10.1. The molecule has 0 fully saturated rings. The van der Waals surface area contributed by atoms with Crippen molar-refractivity contribution in [1.29, 1.82) is 0 Å². The van der Waals surface area contributed by atoms with Crippen molar-refractivity contribution in [1.82, 2.24) is 0 Å². The van der Waals surface area contributed by atoms with Crippen molar-refractivity contribution < 1.29 is 4.79 Å². The molecule has 0 aliphatic rings. The van der Waals surface area contributed by atoms with Crippen molar-refractivity contribution in [2.24, 2.45) is 5.92 Å². The van der Waals surface area contributed by atoms with Gasteiger partial charge in [0.2, 0.25) is 0 Å². The van der Waals surface area contributed by atoms with Gasteiger partial charge in [-0.3, -0.25) is 4.79 Å². The number of hydrogen-bond acceptors (Lipinski definition) is 1. The third kappa shape index (κ3) is 4.40. The normalized spacial score (nSPS) is 13.7. The van der Waals surface area contributed by atoms with Gasteiger partial charge in [0.15, 0.2) is 0 Å². The summed E-state index contributed by atoms with van der Waals surface area (Å²) in [4.78, 5) is 12.8. The van der Waals surface area contributed by atoms with E-state index in [1.165, 1.54) is 3.57 Å². The molecule has 2 aromatic carbocycles. The van der Waals surface area contributed by atoms with Gasteiger partial charge in [-0.05, 0) is 51.8 Å². The molecule has 0 N–H and O–H groups in total. The third-order valence-corrected chi connectivity index (χ3v) is 4.73. The van der Waals surface area contributed by atoms with Gasteiger partial charge in [-0.2, -0.15) is 0 Å². The summed E-state index contributed by atoms with van der Waals surface area (Å²) in [7, 11) is 0. The van der Waals surface area contributed by atoms with E-state index >= 15 is 0 Å². The Morgan fingerprint density at radius 3 is 2.24 bits per heavy atom. The van der Waals surface area contributed by atoms with Crippen molar-refractivity contribution >= 4 is 28.4 Å². The number of hydrogen-bond donors (Lipinski definition) is 0. The summed E-state index contributed by atoms with van der Waals surface area (Å²) in [6.07, 6.45) is 1.53. The van der Waals surface area contributed by atoms with Gasteiger partial charge in [-0.25, -0.2) is 0 Å². The number of benzene rings is 2. The predicted octanol–water partition coefficient (Wildman–Crippen LogP) is 5.23. The molecule has 0 heterocycles. The minimum absolute atomic E-state index is 0.00419. The summed E-state index contributed by atoms with van der Waals surface area (Å²) in [5.41, 5.74) is 2.24. The molecule has 2 aromatic rings. The van der Waals surface area contributed by atoms with Crippen LogP contribution in [0.25, 0.3) is 0 Å². The van der Waals surface area contributed by atoms with Gasteiger partial charge < -0.3 is 0 Å². The van der Waals surface area contributed by atoms with Crippen LogP contribution in [0.2, 0.25) is 0 Å². The van der Waals surface area contributed by atoms with Crippen LogP contribution in [0.5, 0.6) is 0 Å². The van der Waals surface area contributed by atoms with Gasteiger partial charge in [0.25, 0.3) is 0 Å². The largest absolute Gasteiger partial charge is 0.299 e. The van der Waals surface area contributed by atoms with Crippen LogP contribution in [0, 0.1) is 9.49 Å². The van der Waals surface area contributed by atoms with E-state index in [1.54, 1.807) is 0 Å². The van der Waals surface area contributed by atoms with E-state index in [0.717, 1.165) is 17.5 Å². The zero-order valence-electron chi connectivity index (χ0n) is 12.6. The fourth-order valence-corrected chi connectivity index (χ4v) is 3.00. The summed E-state index contributed by atoms with van der Waals surface area (Å²) in [6, 6.07) is 18.4. The maximum atomic E-state index is 12.8. The van der Waals surface area contributed by atoms with Crippen LogP contribution in [0.15, 0.2) is 54.6 Å². The Bertz CT molecular complexity index is 574. The maximum Gasteiger partial charge on any atom is 0.144 e. The average molecular weight is 392 g/mol. The molecule has 2 unspecified atom stereocenters. The topological polar surface area (TPSA) is 17.1 Å². The zero-order chi connectivity index (χ0) is 15.2. The molecule has 2 heteroatoms. The highest BCUT2D eigenvalue weighted by Crippen LogP contribution is 2.29. The quantitative estimate of drug-likeness (QED) is 0.615. The number of carbonyl (C=O) groups is 1. The van der Waals surface area contributed by atoms with Crippen LogP contribution in [-0.4, -0.2) is 5.78 Å². The van der Waals surface area contributed by atoms with Crippen LogP contribution >= 0.6 is 22.6 Å². The van der Waals surface area contributed by atoms with Crippen molar-refractivity contribution in [3.05, 3.63) is 69.3 Å². The molecule has 0 saturated carbocycles. The number of rotatable bonds is 6. The SMILES string of the molecule is CCC(C)C(C(=O)Cc1ccc(I)cc1)c1ccccc1. The lowest BCUT2D eigenvalue weighted by Gasteiger charge is -2.22. The molecule has 0 aliphatic heterocycles. The highest BCUT2D eigenvalue weighted by molar-refractivity contribution is 14.1. The van der Waals surface area contributed by atoms with Crippen molar-refractivity contribution in [2.45, 2.75) is 32.6 Å². The van der Waals surface area contributed by atoms with Gasteiger partial charge in [0, 0.05) is 15.9 Å². The lowest BCUT2D eigenvalue weighted by atomic mass is 9.80. The Kier molecular flexibility index (Phi) is 5.97. The van der Waals surface area contributed by atoms with Crippen LogP contribution < -0.4 is 0 Å². The van der Waals surface area contributed by atoms with Crippen LogP contribution in [0.1, 0.15) is 37.3 Å². The van der Waals surface area contributed by atoms with Crippen molar-refractivity contribution in [2.75, 3.05) is 0 Å². The molecule has 1 nitrogen and oxygen atoms in total. The van der Waals surface area contributed by atoms with Gasteiger partial charge in [-0.1, -0.05) is 62.7 Å². The molecule has 0 aromatic heterocycles. The van der Waals surface area contributed by atoms with Crippen LogP contribution in [0.4, 0.5) is 0 Å². The minimum Gasteiger partial charge on any atom is -0.299 e. The van der Waals surface area contributed by atoms with Crippen LogP contribution in [0.3, 0.4) is 0 Å². The maximum absolute atomic E-state index is 12.8. The highest BCUT2D eigenvalue weighted by Gasteiger charge is 2.25. The Labute approximate surface area is 140 Å². The molecule has 0 saturated heterocycles. The summed E-state index contributed by atoms with van der Waals surface area (Å²) in [5, 5.41) is 0. The van der Waals surface area contributed by atoms with Crippen molar-refractivity contribution in [3.63, 3.8) is 0 Å². The molecule has 2 rings (SSSR count). The van der Waals surface area contributed by atoms with E-state index in [1.807, 2.05) is 18.2 Å². The third-order valence-electron chi connectivity index (χ3n) is 4.01. The number of Topliss-reactive ketones (excluding diaryl/α,β-unsaturated/α-hetero) is 1. The van der Waals surface area contributed by atoms with Crippen molar-refractivity contribution in [3.8, 4) is 0 Å². The number of carbonyl (C=O) groups excluding carboxylic acids is 1. The first kappa shape index (κ1) is 16.2. The van der Waals surface area contributed by atoms with E-state index in [-0.39, 0.29) is 5.92 Å². The van der Waals surface area contributed by atoms with E-state index in [2.05, 4.69) is 72.8 Å². The zero-order valence-corrected chi connectivity index (χ0v) is 14.7. The summed E-state index contributed by atoms with van der Waals surface area (Å²) in [5.74, 6) is 0.677. The molecule has 0 bridgehead atoms. The summed E-state index contributed by atoms with van der Waals surface area (Å²) < 4.78 is 1.20. The fraction of sp³-hybridized carbons (Fsp3) is 0.316. The van der Waals surface area contributed by atoms with Crippen LogP contribution in [-0.2, 0) is 11.2 Å². The number of ketones is 1. The van der Waals surface area contributed by atoms with E-state index in [9.17, 15) is 4.79 Å². The van der Waals surface area contributed by atoms with E-state index < -0.39 is 0 Å². The second-order valence-electron chi connectivity index (χ2n) is 5.54. The fourth-order valence-electron chi connectivity index (χ4n) is 2.64. The Hall–Kier alpha value is -1.16. The van der Waals surface area contributed by atoms with Gasteiger partial charge in [0.1, 0.15) is 5.78 Å². The predicted molar refractivity (Wildman–Crippen MR) is 96.5 cm³/mol. The molecule has 0 amide bonds.